The zero-order chi connectivity index (χ0) is 13.6. The van der Waals surface area contributed by atoms with Crippen molar-refractivity contribution in [3.05, 3.63) is 11.6 Å². The van der Waals surface area contributed by atoms with E-state index in [1.807, 2.05) is 0 Å². The molecule has 0 saturated heterocycles. The highest BCUT2D eigenvalue weighted by Crippen LogP contribution is 2.17. The van der Waals surface area contributed by atoms with Crippen LogP contribution >= 0.6 is 0 Å². The molecule has 0 unspecified atom stereocenters. The van der Waals surface area contributed by atoms with Gasteiger partial charge < -0.3 is 4.74 Å². The average Bonchev–Trinajstić information content (AvgIpc) is 2.39. The predicted molar refractivity (Wildman–Crippen MR) is 77.6 cm³/mol. The minimum Gasteiger partial charge on any atom is -0.466 e. The molecule has 2 nitrogen and oxygen atoms in total. The molecule has 0 saturated carbocycles. The quantitative estimate of drug-likeness (QED) is 0.294. The predicted octanol–water partition coefficient (Wildman–Crippen LogP) is 5.03. The second kappa shape index (κ2) is 12.7. The van der Waals surface area contributed by atoms with E-state index in [9.17, 15) is 4.79 Å². The Kier molecular flexibility index (Phi) is 12.1. The van der Waals surface area contributed by atoms with Crippen molar-refractivity contribution in [2.45, 2.75) is 78.1 Å². The van der Waals surface area contributed by atoms with Gasteiger partial charge in [0, 0.05) is 6.08 Å². The molecule has 0 aromatic carbocycles. The van der Waals surface area contributed by atoms with Gasteiger partial charge in [-0.15, -0.1) is 0 Å². The Balaban J connectivity index is 4.00. The van der Waals surface area contributed by atoms with Crippen molar-refractivity contribution in [3.8, 4) is 0 Å². The number of hydrogen-bond donors (Lipinski definition) is 0. The lowest BCUT2D eigenvalue weighted by Crippen LogP contribution is -1.98. The minimum atomic E-state index is -0.198. The largest absolute Gasteiger partial charge is 0.466 e. The summed E-state index contributed by atoms with van der Waals surface area (Å²) in [6, 6.07) is 0. The number of allylic oxidation sites excluding steroid dienone is 1. The van der Waals surface area contributed by atoms with Crippen LogP contribution in [0.2, 0.25) is 0 Å². The number of ether oxygens (including phenoxy) is 1. The summed E-state index contributed by atoms with van der Waals surface area (Å²) >= 11 is 0. The third kappa shape index (κ3) is 10.4. The summed E-state index contributed by atoms with van der Waals surface area (Å²) in [5.41, 5.74) is 1.27. The van der Waals surface area contributed by atoms with Gasteiger partial charge in [0.25, 0.3) is 0 Å². The first-order chi connectivity index (χ1) is 8.74. The van der Waals surface area contributed by atoms with E-state index in [2.05, 4.69) is 13.8 Å². The number of hydrogen-bond acceptors (Lipinski definition) is 2. The molecule has 0 aromatic heterocycles. The van der Waals surface area contributed by atoms with Crippen LogP contribution in [0.4, 0.5) is 0 Å². The molecule has 0 atom stereocenters. The van der Waals surface area contributed by atoms with Gasteiger partial charge >= 0.3 is 5.97 Å². The summed E-state index contributed by atoms with van der Waals surface area (Å²) in [6.45, 7) is 4.44. The molecule has 0 N–H and O–H groups in total. The molecule has 106 valence electrons. The van der Waals surface area contributed by atoms with Crippen LogP contribution in [0.3, 0.4) is 0 Å². The third-order valence-electron chi connectivity index (χ3n) is 3.23. The first kappa shape index (κ1) is 17.2. The smallest absolute Gasteiger partial charge is 0.330 e. The molecule has 0 rings (SSSR count). The number of esters is 1. The highest BCUT2D eigenvalue weighted by molar-refractivity contribution is 5.82. The molecule has 18 heavy (non-hydrogen) atoms. The molecule has 0 aliphatic rings. The fraction of sp³-hybridized carbons (Fsp3) is 0.812. The second-order valence-corrected chi connectivity index (χ2v) is 4.95. The summed E-state index contributed by atoms with van der Waals surface area (Å²) in [7, 11) is 1.45. The van der Waals surface area contributed by atoms with Gasteiger partial charge in [-0.2, -0.15) is 0 Å². The standard InChI is InChI=1S/C16H30O2/c1-4-6-8-10-12-15(14-16(17)18-3)13-11-9-7-5-2/h14H,4-13H2,1-3H3. The summed E-state index contributed by atoms with van der Waals surface area (Å²) in [6.07, 6.45) is 13.9. The summed E-state index contributed by atoms with van der Waals surface area (Å²) < 4.78 is 4.72. The van der Waals surface area contributed by atoms with Crippen LogP contribution in [0, 0.1) is 0 Å². The van der Waals surface area contributed by atoms with Crippen LogP contribution in [-0.4, -0.2) is 13.1 Å². The zero-order valence-electron chi connectivity index (χ0n) is 12.5. The van der Waals surface area contributed by atoms with Crippen LogP contribution in [0.1, 0.15) is 78.1 Å². The van der Waals surface area contributed by atoms with Crippen molar-refractivity contribution in [2.24, 2.45) is 0 Å². The van der Waals surface area contributed by atoms with Gasteiger partial charge in [-0.05, 0) is 25.7 Å². The average molecular weight is 254 g/mol. The molecule has 0 aliphatic heterocycles. The van der Waals surface area contributed by atoms with Crippen LogP contribution in [-0.2, 0) is 9.53 Å². The van der Waals surface area contributed by atoms with E-state index in [1.165, 1.54) is 64.0 Å². The van der Waals surface area contributed by atoms with Crippen LogP contribution in [0.25, 0.3) is 0 Å². The van der Waals surface area contributed by atoms with Crippen molar-refractivity contribution in [3.63, 3.8) is 0 Å². The van der Waals surface area contributed by atoms with E-state index in [-0.39, 0.29) is 5.97 Å². The molecular weight excluding hydrogens is 224 g/mol. The maximum Gasteiger partial charge on any atom is 0.330 e. The number of rotatable bonds is 11. The maximum absolute atomic E-state index is 11.3. The first-order valence-corrected chi connectivity index (χ1v) is 7.52. The van der Waals surface area contributed by atoms with E-state index in [4.69, 9.17) is 4.74 Å². The topological polar surface area (TPSA) is 26.3 Å². The van der Waals surface area contributed by atoms with E-state index in [0.717, 1.165) is 12.8 Å². The Morgan fingerprint density at radius 1 is 0.889 bits per heavy atom. The lowest BCUT2D eigenvalue weighted by Gasteiger charge is -2.07. The molecule has 0 bridgehead atoms. The van der Waals surface area contributed by atoms with Gasteiger partial charge in [-0.25, -0.2) is 4.79 Å². The Morgan fingerprint density at radius 3 is 1.78 bits per heavy atom. The van der Waals surface area contributed by atoms with Crippen LogP contribution in [0.5, 0.6) is 0 Å². The zero-order valence-corrected chi connectivity index (χ0v) is 12.5. The first-order valence-electron chi connectivity index (χ1n) is 7.52. The van der Waals surface area contributed by atoms with Crippen molar-refractivity contribution < 1.29 is 9.53 Å². The second-order valence-electron chi connectivity index (χ2n) is 4.95. The number of unbranched alkanes of at least 4 members (excludes halogenated alkanes) is 6. The van der Waals surface area contributed by atoms with Crippen molar-refractivity contribution in [1.82, 2.24) is 0 Å². The van der Waals surface area contributed by atoms with Crippen LogP contribution < -0.4 is 0 Å². The van der Waals surface area contributed by atoms with Crippen molar-refractivity contribution >= 4 is 5.97 Å². The van der Waals surface area contributed by atoms with E-state index in [0.29, 0.717) is 0 Å². The highest BCUT2D eigenvalue weighted by atomic mass is 16.5. The molecule has 0 heterocycles. The molecule has 2 heteroatoms. The Morgan fingerprint density at radius 2 is 1.39 bits per heavy atom. The maximum atomic E-state index is 11.3. The Hall–Kier alpha value is -0.790. The highest BCUT2D eigenvalue weighted by Gasteiger charge is 2.02. The van der Waals surface area contributed by atoms with E-state index >= 15 is 0 Å². The fourth-order valence-electron chi connectivity index (χ4n) is 2.05. The normalized spacial score (nSPS) is 10.2. The van der Waals surface area contributed by atoms with Gasteiger partial charge in [-0.3, -0.25) is 0 Å². The van der Waals surface area contributed by atoms with Crippen LogP contribution in [0.15, 0.2) is 11.6 Å². The monoisotopic (exact) mass is 254 g/mol. The minimum absolute atomic E-state index is 0.198. The molecule has 0 aliphatic carbocycles. The molecule has 0 radical (unpaired) electrons. The lowest BCUT2D eigenvalue weighted by atomic mass is 10.00. The Bertz CT molecular complexity index is 217. The summed E-state index contributed by atoms with van der Waals surface area (Å²) in [5, 5.41) is 0. The molecular formula is C16H30O2. The molecule has 0 aromatic rings. The van der Waals surface area contributed by atoms with Crippen molar-refractivity contribution in [2.75, 3.05) is 7.11 Å². The third-order valence-corrected chi connectivity index (χ3v) is 3.23. The SMILES string of the molecule is CCCCCCC(=CC(=O)OC)CCCCCC. The lowest BCUT2D eigenvalue weighted by molar-refractivity contribution is -0.134. The van der Waals surface area contributed by atoms with Gasteiger partial charge in [0.2, 0.25) is 0 Å². The fourth-order valence-corrected chi connectivity index (χ4v) is 2.05. The summed E-state index contributed by atoms with van der Waals surface area (Å²) in [5.74, 6) is -0.198. The van der Waals surface area contributed by atoms with E-state index < -0.39 is 0 Å². The van der Waals surface area contributed by atoms with Gasteiger partial charge in [0.05, 0.1) is 7.11 Å². The van der Waals surface area contributed by atoms with E-state index in [1.54, 1.807) is 6.08 Å². The number of methoxy groups -OCH3 is 1. The number of carbonyl (C=O) groups excluding carboxylic acids is 1. The molecule has 0 fully saturated rings. The molecule has 0 spiro atoms. The van der Waals surface area contributed by atoms with Gasteiger partial charge in [0.15, 0.2) is 0 Å². The van der Waals surface area contributed by atoms with Gasteiger partial charge in [-0.1, -0.05) is 57.9 Å². The summed E-state index contributed by atoms with van der Waals surface area (Å²) in [4.78, 5) is 11.3. The van der Waals surface area contributed by atoms with Crippen molar-refractivity contribution in [1.29, 1.82) is 0 Å². The Labute approximate surface area is 113 Å². The molecule has 0 amide bonds. The van der Waals surface area contributed by atoms with Gasteiger partial charge in [0.1, 0.15) is 0 Å². The number of carbonyl (C=O) groups is 1.